The highest BCUT2D eigenvalue weighted by molar-refractivity contribution is 5.76. The number of fused-ring (bicyclic) bond motifs is 3. The Hall–Kier alpha value is -2.47. The topological polar surface area (TPSA) is 72.9 Å². The third-order valence-electron chi connectivity index (χ3n) is 4.30. The predicted molar refractivity (Wildman–Crippen MR) is 91.8 cm³/mol. The van der Waals surface area contributed by atoms with E-state index in [9.17, 15) is 9.90 Å². The second kappa shape index (κ2) is 5.27. The predicted octanol–water partition coefficient (Wildman–Crippen LogP) is 1.98. The summed E-state index contributed by atoms with van der Waals surface area (Å²) in [5.74, 6) is 1.09. The molecule has 0 aromatic carbocycles. The van der Waals surface area contributed by atoms with Crippen LogP contribution in [0.2, 0.25) is 0 Å². The number of imidazole rings is 1. The van der Waals surface area contributed by atoms with Crippen LogP contribution in [0.15, 0.2) is 35.3 Å². The lowest BCUT2D eigenvalue weighted by Gasteiger charge is -2.18. The Morgan fingerprint density at radius 2 is 2.08 bits per heavy atom. The molecular formula is C18H20N4O2. The fourth-order valence-corrected chi connectivity index (χ4v) is 3.25. The van der Waals surface area contributed by atoms with Gasteiger partial charge in [0.05, 0.1) is 17.8 Å². The Bertz CT molecular complexity index is 979. The van der Waals surface area contributed by atoms with Gasteiger partial charge in [0, 0.05) is 30.8 Å². The molecule has 0 radical (unpaired) electrons. The zero-order chi connectivity index (χ0) is 16.9. The molecule has 4 rings (SSSR count). The quantitative estimate of drug-likeness (QED) is 0.799. The summed E-state index contributed by atoms with van der Waals surface area (Å²) in [6, 6.07) is 7.30. The van der Waals surface area contributed by atoms with Gasteiger partial charge in [-0.15, -0.1) is 0 Å². The fraction of sp³-hybridized carbons (Fsp3) is 0.389. The van der Waals surface area contributed by atoms with Crippen LogP contribution in [-0.2, 0) is 19.5 Å². The van der Waals surface area contributed by atoms with Crippen LogP contribution in [0.5, 0.6) is 0 Å². The third-order valence-corrected chi connectivity index (χ3v) is 4.30. The average Bonchev–Trinajstić information content (AvgIpc) is 3.08. The molecule has 124 valence electrons. The lowest BCUT2D eigenvalue weighted by atomic mass is 10.1. The maximum atomic E-state index is 12.3. The van der Waals surface area contributed by atoms with Gasteiger partial charge in [-0.25, -0.2) is 9.97 Å². The standard InChI is InChI=1S/C18H20N4O2/c1-18(2,24)11-21-9-7-12(10-16(21)23)13-5-6-14-17(20-13)22-8-3-4-15(22)19-14/h5-7,9-10,24H,3-4,8,11H2,1-2H3. The van der Waals surface area contributed by atoms with Gasteiger partial charge in [-0.05, 0) is 38.5 Å². The highest BCUT2D eigenvalue weighted by Crippen LogP contribution is 2.24. The van der Waals surface area contributed by atoms with Gasteiger partial charge in [0.25, 0.3) is 5.56 Å². The lowest BCUT2D eigenvalue weighted by molar-refractivity contribution is 0.0604. The molecule has 6 heteroatoms. The molecule has 6 nitrogen and oxygen atoms in total. The van der Waals surface area contributed by atoms with Crippen LogP contribution in [0.3, 0.4) is 0 Å². The first-order valence-corrected chi connectivity index (χ1v) is 8.20. The molecule has 0 spiro atoms. The Morgan fingerprint density at radius 1 is 1.25 bits per heavy atom. The number of hydrogen-bond donors (Lipinski definition) is 1. The Balaban J connectivity index is 1.75. The van der Waals surface area contributed by atoms with Crippen molar-refractivity contribution in [1.82, 2.24) is 19.1 Å². The molecule has 24 heavy (non-hydrogen) atoms. The van der Waals surface area contributed by atoms with Gasteiger partial charge in [0.15, 0.2) is 5.65 Å². The first-order chi connectivity index (χ1) is 11.4. The highest BCUT2D eigenvalue weighted by Gasteiger charge is 2.18. The minimum atomic E-state index is -0.930. The number of aliphatic hydroxyl groups is 1. The molecule has 1 aliphatic rings. The number of aromatic nitrogens is 4. The minimum Gasteiger partial charge on any atom is -0.389 e. The van der Waals surface area contributed by atoms with E-state index in [-0.39, 0.29) is 12.1 Å². The van der Waals surface area contributed by atoms with E-state index in [4.69, 9.17) is 4.98 Å². The molecule has 0 unspecified atom stereocenters. The largest absolute Gasteiger partial charge is 0.389 e. The first kappa shape index (κ1) is 15.1. The van der Waals surface area contributed by atoms with E-state index in [1.807, 2.05) is 18.2 Å². The van der Waals surface area contributed by atoms with Gasteiger partial charge in [0.2, 0.25) is 0 Å². The molecule has 1 aliphatic heterocycles. The molecule has 3 aromatic heterocycles. The van der Waals surface area contributed by atoms with E-state index in [1.165, 1.54) is 4.57 Å². The molecule has 0 bridgehead atoms. The van der Waals surface area contributed by atoms with Crippen molar-refractivity contribution in [2.24, 2.45) is 0 Å². The van der Waals surface area contributed by atoms with Crippen LogP contribution in [0.4, 0.5) is 0 Å². The Kier molecular flexibility index (Phi) is 3.31. The second-order valence-corrected chi connectivity index (χ2v) is 7.02. The molecule has 3 aromatic rings. The van der Waals surface area contributed by atoms with E-state index < -0.39 is 5.60 Å². The summed E-state index contributed by atoms with van der Waals surface area (Å²) in [4.78, 5) is 21.6. The molecular weight excluding hydrogens is 304 g/mol. The Labute approximate surface area is 139 Å². The maximum Gasteiger partial charge on any atom is 0.251 e. The zero-order valence-corrected chi connectivity index (χ0v) is 13.9. The van der Waals surface area contributed by atoms with Crippen molar-refractivity contribution in [2.75, 3.05) is 0 Å². The lowest BCUT2D eigenvalue weighted by Crippen LogP contribution is -2.32. The summed E-state index contributed by atoms with van der Waals surface area (Å²) < 4.78 is 3.67. The molecule has 0 amide bonds. The molecule has 0 saturated carbocycles. The van der Waals surface area contributed by atoms with Gasteiger partial charge in [-0.3, -0.25) is 4.79 Å². The molecule has 0 fully saturated rings. The van der Waals surface area contributed by atoms with Crippen molar-refractivity contribution in [2.45, 2.75) is 45.4 Å². The molecule has 0 aliphatic carbocycles. The smallest absolute Gasteiger partial charge is 0.251 e. The summed E-state index contributed by atoms with van der Waals surface area (Å²) in [5.41, 5.74) is 2.27. The summed E-state index contributed by atoms with van der Waals surface area (Å²) in [5, 5.41) is 9.88. The summed E-state index contributed by atoms with van der Waals surface area (Å²) in [6.45, 7) is 4.58. The molecule has 0 saturated heterocycles. The van der Waals surface area contributed by atoms with Gasteiger partial charge >= 0.3 is 0 Å². The normalized spacial score (nSPS) is 14.3. The van der Waals surface area contributed by atoms with E-state index in [0.29, 0.717) is 0 Å². The van der Waals surface area contributed by atoms with Crippen molar-refractivity contribution >= 4 is 11.2 Å². The van der Waals surface area contributed by atoms with Crippen LogP contribution in [-0.4, -0.2) is 29.8 Å². The van der Waals surface area contributed by atoms with E-state index in [1.54, 1.807) is 26.1 Å². The monoisotopic (exact) mass is 324 g/mol. The molecule has 1 N–H and O–H groups in total. The fourth-order valence-electron chi connectivity index (χ4n) is 3.25. The van der Waals surface area contributed by atoms with E-state index in [2.05, 4.69) is 9.55 Å². The molecule has 4 heterocycles. The van der Waals surface area contributed by atoms with Crippen molar-refractivity contribution in [3.05, 3.63) is 46.6 Å². The van der Waals surface area contributed by atoms with Crippen LogP contribution >= 0.6 is 0 Å². The van der Waals surface area contributed by atoms with Crippen molar-refractivity contribution in [3.8, 4) is 11.3 Å². The number of rotatable bonds is 3. The number of pyridine rings is 2. The van der Waals surface area contributed by atoms with Crippen molar-refractivity contribution in [3.63, 3.8) is 0 Å². The molecule has 0 atom stereocenters. The first-order valence-electron chi connectivity index (χ1n) is 8.20. The minimum absolute atomic E-state index is 0.143. The average molecular weight is 324 g/mol. The summed E-state index contributed by atoms with van der Waals surface area (Å²) in [7, 11) is 0. The van der Waals surface area contributed by atoms with Crippen LogP contribution in [0.25, 0.3) is 22.4 Å². The van der Waals surface area contributed by atoms with Crippen molar-refractivity contribution < 1.29 is 5.11 Å². The van der Waals surface area contributed by atoms with Gasteiger partial charge in [-0.1, -0.05) is 0 Å². The van der Waals surface area contributed by atoms with E-state index in [0.717, 1.165) is 47.6 Å². The summed E-state index contributed by atoms with van der Waals surface area (Å²) >= 11 is 0. The number of nitrogens with zero attached hydrogens (tertiary/aromatic N) is 4. The van der Waals surface area contributed by atoms with Gasteiger partial charge in [0.1, 0.15) is 11.3 Å². The van der Waals surface area contributed by atoms with Crippen molar-refractivity contribution in [1.29, 1.82) is 0 Å². The van der Waals surface area contributed by atoms with Gasteiger partial charge in [-0.2, -0.15) is 0 Å². The maximum absolute atomic E-state index is 12.3. The van der Waals surface area contributed by atoms with Crippen LogP contribution in [0.1, 0.15) is 26.1 Å². The highest BCUT2D eigenvalue weighted by atomic mass is 16.3. The number of hydrogen-bond acceptors (Lipinski definition) is 4. The van der Waals surface area contributed by atoms with Crippen LogP contribution in [0, 0.1) is 0 Å². The van der Waals surface area contributed by atoms with Gasteiger partial charge < -0.3 is 14.2 Å². The van der Waals surface area contributed by atoms with E-state index >= 15 is 0 Å². The number of aryl methyl sites for hydroxylation is 2. The SMILES string of the molecule is CC(C)(O)Cn1ccc(-c2ccc3nc4n(c3n2)CCC4)cc1=O. The summed E-state index contributed by atoms with van der Waals surface area (Å²) in [6.07, 6.45) is 3.82. The second-order valence-electron chi connectivity index (χ2n) is 7.02. The zero-order valence-electron chi connectivity index (χ0n) is 13.9. The third kappa shape index (κ3) is 2.63. The Morgan fingerprint density at radius 3 is 2.83 bits per heavy atom. The van der Waals surface area contributed by atoms with Crippen LogP contribution < -0.4 is 5.56 Å².